The minimum absolute atomic E-state index is 0.272. The van der Waals surface area contributed by atoms with E-state index in [1.165, 1.54) is 33.4 Å². The largest absolute Gasteiger partial charge is 0.432 e. The van der Waals surface area contributed by atoms with Crippen molar-refractivity contribution in [3.8, 4) is 33.6 Å². The van der Waals surface area contributed by atoms with Gasteiger partial charge in [-0.2, -0.15) is 4.98 Å². The van der Waals surface area contributed by atoms with E-state index < -0.39 is 16.1 Å². The third-order valence-electron chi connectivity index (χ3n) is 8.35. The first kappa shape index (κ1) is 24.6. The maximum atomic E-state index is 11.6. The minimum atomic E-state index is -2.66. The Labute approximate surface area is 244 Å². The van der Waals surface area contributed by atoms with E-state index in [2.05, 4.69) is 103 Å². The van der Waals surface area contributed by atoms with Crippen LogP contribution >= 0.6 is 0 Å². The minimum Gasteiger partial charge on any atom is -0.432 e. The quantitative estimate of drug-likeness (QED) is 0.219. The summed E-state index contributed by atoms with van der Waals surface area (Å²) in [4.78, 5) is 5.19. The Balaban J connectivity index is 1.42. The average molecular weight is 565 g/mol. The van der Waals surface area contributed by atoms with Gasteiger partial charge < -0.3 is 4.42 Å². The predicted octanol–water partition coefficient (Wildman–Crippen LogP) is 7.59. The zero-order chi connectivity index (χ0) is 28.3. The second kappa shape index (κ2) is 9.43. The number of aromatic nitrogens is 2. The van der Waals surface area contributed by atoms with Crippen LogP contribution in [0.15, 0.2) is 149 Å². The van der Waals surface area contributed by atoms with E-state index in [1.54, 1.807) is 18.4 Å². The molecule has 0 spiro atoms. The summed E-state index contributed by atoms with van der Waals surface area (Å²) in [6, 6.07) is 43.5. The molecular weight excluding hydrogens is 540 g/mol. The summed E-state index contributed by atoms with van der Waals surface area (Å²) >= 11 is 0. The molecule has 0 saturated heterocycles. The lowest BCUT2D eigenvalue weighted by atomic mass is 9.67. The van der Waals surface area contributed by atoms with Gasteiger partial charge in [0, 0.05) is 17.3 Å². The first-order valence-corrected chi connectivity index (χ1v) is 14.9. The van der Waals surface area contributed by atoms with Crippen LogP contribution < -0.4 is 0 Å². The smallest absolute Gasteiger partial charge is 0.306 e. The van der Waals surface area contributed by atoms with Gasteiger partial charge >= 0.3 is 5.84 Å². The fourth-order valence-electron chi connectivity index (χ4n) is 6.60. The average Bonchev–Trinajstić information content (AvgIpc) is 3.72. The fourth-order valence-corrected chi connectivity index (χ4v) is 6.99. The highest BCUT2D eigenvalue weighted by atomic mass is 32.2. The van der Waals surface area contributed by atoms with E-state index in [4.69, 9.17) is 9.40 Å². The van der Waals surface area contributed by atoms with Gasteiger partial charge in [0.2, 0.25) is 0 Å². The maximum Gasteiger partial charge on any atom is 0.306 e. The summed E-state index contributed by atoms with van der Waals surface area (Å²) in [5.74, 6) is 0.472. The van der Waals surface area contributed by atoms with Crippen molar-refractivity contribution < 1.29 is 12.8 Å². The third kappa shape index (κ3) is 3.49. The molecule has 0 fully saturated rings. The Bertz CT molecular complexity index is 2130. The second-order valence-corrected chi connectivity index (χ2v) is 11.5. The number of nitrogens with zero attached hydrogens (tertiary/aromatic N) is 2. The van der Waals surface area contributed by atoms with Crippen molar-refractivity contribution in [2.24, 2.45) is 0 Å². The molecule has 7 aromatic rings. The molecule has 0 saturated carbocycles. The normalized spacial score (nSPS) is 13.4. The lowest BCUT2D eigenvalue weighted by Crippen LogP contribution is -2.28. The molecule has 1 aliphatic rings. The summed E-state index contributed by atoms with van der Waals surface area (Å²) in [6.45, 7) is 0. The van der Waals surface area contributed by atoms with Gasteiger partial charge in [-0.15, -0.1) is 0 Å². The van der Waals surface area contributed by atoms with E-state index in [9.17, 15) is 8.42 Å². The van der Waals surface area contributed by atoms with Gasteiger partial charge in [-0.25, -0.2) is 8.42 Å². The SMILES string of the molecule is O=[SH](=O)c1ccc(-c2c(-c3ccc4c(c3)C(c3ccccc3)(c3ccccc3)c3ccccc3-4)nc3occn23)cc1. The number of rotatable bonds is 5. The number of hydrogen-bond acceptors (Lipinski definition) is 4. The number of hydrogen-bond donors (Lipinski definition) is 1. The predicted molar refractivity (Wildman–Crippen MR) is 164 cm³/mol. The van der Waals surface area contributed by atoms with Crippen LogP contribution in [0.5, 0.6) is 0 Å². The van der Waals surface area contributed by atoms with Gasteiger partial charge in [-0.3, -0.25) is 4.40 Å². The van der Waals surface area contributed by atoms with Crippen molar-refractivity contribution in [2.45, 2.75) is 10.3 Å². The van der Waals surface area contributed by atoms with Crippen LogP contribution in [0.4, 0.5) is 0 Å². The van der Waals surface area contributed by atoms with Crippen molar-refractivity contribution in [1.82, 2.24) is 9.38 Å². The van der Waals surface area contributed by atoms with Crippen molar-refractivity contribution in [1.29, 1.82) is 0 Å². The fraction of sp³-hybridized carbons (Fsp3) is 0.0278. The molecule has 202 valence electrons. The van der Waals surface area contributed by atoms with E-state index >= 15 is 0 Å². The molecule has 0 bridgehead atoms. The van der Waals surface area contributed by atoms with E-state index in [1.807, 2.05) is 22.7 Å². The van der Waals surface area contributed by atoms with Gasteiger partial charge in [-0.1, -0.05) is 109 Å². The van der Waals surface area contributed by atoms with Gasteiger partial charge in [0.15, 0.2) is 10.7 Å². The number of fused-ring (bicyclic) bond motifs is 4. The third-order valence-corrected chi connectivity index (χ3v) is 9.07. The van der Waals surface area contributed by atoms with Crippen LogP contribution in [0.2, 0.25) is 0 Å². The highest BCUT2D eigenvalue weighted by Gasteiger charge is 2.46. The molecule has 1 aliphatic carbocycles. The van der Waals surface area contributed by atoms with Crippen molar-refractivity contribution >= 4 is 16.5 Å². The molecule has 2 heterocycles. The summed E-state index contributed by atoms with van der Waals surface area (Å²) in [5.41, 5.74) is 10.1. The lowest BCUT2D eigenvalue weighted by Gasteiger charge is -2.34. The molecule has 42 heavy (non-hydrogen) atoms. The van der Waals surface area contributed by atoms with Gasteiger partial charge in [0.25, 0.3) is 0 Å². The highest BCUT2D eigenvalue weighted by molar-refractivity contribution is 7.72. The zero-order valence-electron chi connectivity index (χ0n) is 22.3. The first-order valence-electron chi connectivity index (χ1n) is 13.7. The Morgan fingerprint density at radius 1 is 0.643 bits per heavy atom. The molecule has 0 atom stereocenters. The molecule has 6 heteroatoms. The van der Waals surface area contributed by atoms with Crippen LogP contribution in [0.1, 0.15) is 22.3 Å². The number of imidazole rings is 1. The van der Waals surface area contributed by atoms with Crippen molar-refractivity contribution in [3.63, 3.8) is 0 Å². The van der Waals surface area contributed by atoms with Crippen LogP contribution in [0.3, 0.4) is 0 Å². The molecule has 5 aromatic carbocycles. The van der Waals surface area contributed by atoms with E-state index in [0.717, 1.165) is 22.5 Å². The number of thiol groups is 1. The summed E-state index contributed by atoms with van der Waals surface area (Å²) in [7, 11) is -2.66. The highest BCUT2D eigenvalue weighted by Crippen LogP contribution is 2.56. The lowest BCUT2D eigenvalue weighted by molar-refractivity contribution is 0.596. The molecule has 2 aromatic heterocycles. The van der Waals surface area contributed by atoms with Gasteiger partial charge in [0.05, 0.1) is 16.0 Å². The molecule has 0 N–H and O–H groups in total. The molecule has 0 unspecified atom stereocenters. The van der Waals surface area contributed by atoms with Gasteiger partial charge in [0.1, 0.15) is 12.0 Å². The van der Waals surface area contributed by atoms with Crippen molar-refractivity contribution in [2.75, 3.05) is 0 Å². The van der Waals surface area contributed by atoms with Crippen LogP contribution in [-0.4, -0.2) is 17.8 Å². The molecule has 5 nitrogen and oxygen atoms in total. The molecule has 0 radical (unpaired) electrons. The standard InChI is InChI=1S/C36H24N2O3S/c39-42(40)28-18-15-24(16-19-28)34-33(37-35-38(34)21-22-41-35)25-17-20-30-29-13-7-8-14-31(29)36(32(30)23-25,26-9-3-1-4-10-26)27-11-5-2-6-12-27/h1-23,42H. The van der Waals surface area contributed by atoms with Crippen molar-refractivity contribution in [3.05, 3.63) is 162 Å². The van der Waals surface area contributed by atoms with Crippen LogP contribution in [0, 0.1) is 0 Å². The van der Waals surface area contributed by atoms with Crippen LogP contribution in [-0.2, 0) is 16.1 Å². The number of benzene rings is 5. The molecule has 0 amide bonds. The van der Waals surface area contributed by atoms with E-state index in [-0.39, 0.29) is 4.90 Å². The molecule has 0 aliphatic heterocycles. The zero-order valence-corrected chi connectivity index (χ0v) is 23.2. The van der Waals surface area contributed by atoms with Crippen LogP contribution in [0.25, 0.3) is 39.5 Å². The first-order chi connectivity index (χ1) is 20.7. The van der Waals surface area contributed by atoms with E-state index in [0.29, 0.717) is 5.84 Å². The Kier molecular flexibility index (Phi) is 5.52. The number of oxazole rings is 1. The summed E-state index contributed by atoms with van der Waals surface area (Å²) < 4.78 is 30.7. The molecule has 8 rings (SSSR count). The topological polar surface area (TPSA) is 64.6 Å². The monoisotopic (exact) mass is 564 g/mol. The molecular formula is C36H24N2O3S. The second-order valence-electron chi connectivity index (χ2n) is 10.5. The summed E-state index contributed by atoms with van der Waals surface area (Å²) in [6.07, 6.45) is 3.44. The van der Waals surface area contributed by atoms with Gasteiger partial charge in [-0.05, 0) is 51.6 Å². The Hall–Kier alpha value is -5.20. The summed E-state index contributed by atoms with van der Waals surface area (Å²) in [5, 5.41) is 0. The Morgan fingerprint density at radius 3 is 1.95 bits per heavy atom. The Morgan fingerprint density at radius 2 is 1.26 bits per heavy atom. The maximum absolute atomic E-state index is 11.6.